The van der Waals surface area contributed by atoms with Crippen molar-refractivity contribution < 1.29 is 19.4 Å². The average Bonchev–Trinajstić information content (AvgIpc) is 2.63. The second-order valence-corrected chi connectivity index (χ2v) is 7.77. The Labute approximate surface area is 156 Å². The van der Waals surface area contributed by atoms with E-state index < -0.39 is 5.60 Å². The summed E-state index contributed by atoms with van der Waals surface area (Å²) < 4.78 is 10.7. The van der Waals surface area contributed by atoms with Gasteiger partial charge in [-0.2, -0.15) is 0 Å². The second-order valence-electron chi connectivity index (χ2n) is 7.77. The van der Waals surface area contributed by atoms with Crippen LogP contribution < -0.4 is 0 Å². The Morgan fingerprint density at radius 3 is 2.54 bits per heavy atom. The van der Waals surface area contributed by atoms with Crippen LogP contribution >= 0.6 is 0 Å². The molecule has 2 atom stereocenters. The summed E-state index contributed by atoms with van der Waals surface area (Å²) in [5, 5.41) is 11.1. The van der Waals surface area contributed by atoms with Crippen LogP contribution in [-0.4, -0.2) is 47.5 Å². The van der Waals surface area contributed by atoms with Crippen molar-refractivity contribution in [3.8, 4) is 0 Å². The summed E-state index contributed by atoms with van der Waals surface area (Å²) in [5.41, 5.74) is 0.345. The average molecular weight is 361 g/mol. The number of fused-ring (bicyclic) bond motifs is 2. The van der Waals surface area contributed by atoms with Gasteiger partial charge in [0.15, 0.2) is 0 Å². The molecule has 2 heterocycles. The van der Waals surface area contributed by atoms with Crippen molar-refractivity contribution >= 4 is 6.09 Å². The van der Waals surface area contributed by atoms with Gasteiger partial charge in [0.25, 0.3) is 0 Å². The van der Waals surface area contributed by atoms with Crippen molar-refractivity contribution in [1.82, 2.24) is 4.90 Å². The zero-order valence-electron chi connectivity index (χ0n) is 15.7. The molecule has 0 radical (unpaired) electrons. The van der Waals surface area contributed by atoms with E-state index in [1.54, 1.807) is 7.11 Å². The molecule has 1 aromatic carbocycles. The molecule has 144 valence electrons. The fourth-order valence-electron chi connectivity index (χ4n) is 4.52. The zero-order valence-corrected chi connectivity index (χ0v) is 15.7. The predicted molar refractivity (Wildman–Crippen MR) is 99.8 cm³/mol. The Morgan fingerprint density at radius 1 is 1.19 bits per heavy atom. The summed E-state index contributed by atoms with van der Waals surface area (Å²) in [4.78, 5) is 14.6. The van der Waals surface area contributed by atoms with Crippen LogP contribution in [0.15, 0.2) is 30.3 Å². The van der Waals surface area contributed by atoms with E-state index in [0.29, 0.717) is 19.4 Å². The van der Waals surface area contributed by atoms with Crippen LogP contribution in [0, 0.1) is 0 Å². The van der Waals surface area contributed by atoms with E-state index in [4.69, 9.17) is 9.47 Å². The Morgan fingerprint density at radius 2 is 1.88 bits per heavy atom. The zero-order chi connectivity index (χ0) is 18.4. The fourth-order valence-corrected chi connectivity index (χ4v) is 4.52. The molecule has 0 spiro atoms. The number of benzene rings is 1. The lowest BCUT2D eigenvalue weighted by Gasteiger charge is -2.51. The van der Waals surface area contributed by atoms with E-state index in [-0.39, 0.29) is 18.2 Å². The van der Waals surface area contributed by atoms with E-state index >= 15 is 0 Å². The number of aliphatic hydroxyl groups is 1. The maximum Gasteiger partial charge on any atom is 0.410 e. The van der Waals surface area contributed by atoms with Crippen molar-refractivity contribution in [3.63, 3.8) is 0 Å². The molecule has 1 amide bonds. The van der Waals surface area contributed by atoms with Crippen LogP contribution in [0.2, 0.25) is 0 Å². The number of unbranched alkanes of at least 4 members (excludes halogenated alkanes) is 1. The summed E-state index contributed by atoms with van der Waals surface area (Å²) in [6, 6.07) is 9.96. The third-order valence-electron chi connectivity index (χ3n) is 5.75. The lowest BCUT2D eigenvalue weighted by molar-refractivity contribution is -0.0902. The van der Waals surface area contributed by atoms with E-state index in [2.05, 4.69) is 0 Å². The number of amides is 1. The first-order chi connectivity index (χ1) is 12.6. The summed E-state index contributed by atoms with van der Waals surface area (Å²) in [6.07, 6.45) is 6.85. The highest BCUT2D eigenvalue weighted by Gasteiger charge is 2.47. The van der Waals surface area contributed by atoms with Crippen molar-refractivity contribution in [2.24, 2.45) is 0 Å². The van der Waals surface area contributed by atoms with Crippen molar-refractivity contribution in [2.45, 2.75) is 75.7 Å². The summed E-state index contributed by atoms with van der Waals surface area (Å²) >= 11 is 0. The van der Waals surface area contributed by atoms with Gasteiger partial charge in [-0.15, -0.1) is 0 Å². The number of rotatable bonds is 7. The van der Waals surface area contributed by atoms with Crippen LogP contribution in [0.5, 0.6) is 0 Å². The number of hydrogen-bond donors (Lipinski definition) is 1. The molecule has 0 saturated carbocycles. The Kier molecular flexibility index (Phi) is 6.54. The quantitative estimate of drug-likeness (QED) is 0.749. The Bertz CT molecular complexity index is 563. The minimum absolute atomic E-state index is 0.0956. The SMILES string of the molecule is COCCCCC1(O)CC2CCCC(C1)N2C(=O)OCc1ccccc1. The first-order valence-electron chi connectivity index (χ1n) is 9.82. The highest BCUT2D eigenvalue weighted by atomic mass is 16.6. The predicted octanol–water partition coefficient (Wildman–Crippen LogP) is 3.89. The molecule has 0 aliphatic carbocycles. The molecule has 26 heavy (non-hydrogen) atoms. The first kappa shape index (κ1) is 19.2. The topological polar surface area (TPSA) is 59.0 Å². The minimum Gasteiger partial charge on any atom is -0.445 e. The molecule has 2 bridgehead atoms. The van der Waals surface area contributed by atoms with Gasteiger partial charge in [0.2, 0.25) is 0 Å². The van der Waals surface area contributed by atoms with Gasteiger partial charge >= 0.3 is 6.09 Å². The molecule has 2 aliphatic heterocycles. The molecular formula is C21H31NO4. The summed E-state index contributed by atoms with van der Waals surface area (Å²) in [7, 11) is 1.71. The van der Waals surface area contributed by atoms with Gasteiger partial charge in [0.1, 0.15) is 6.61 Å². The summed E-state index contributed by atoms with van der Waals surface area (Å²) in [5.74, 6) is 0. The maximum absolute atomic E-state index is 12.7. The number of piperidine rings is 2. The molecule has 5 nitrogen and oxygen atoms in total. The first-order valence-corrected chi connectivity index (χ1v) is 9.82. The number of hydrogen-bond acceptors (Lipinski definition) is 4. The van der Waals surface area contributed by atoms with Gasteiger partial charge in [0, 0.05) is 25.8 Å². The molecule has 1 N–H and O–H groups in total. The molecular weight excluding hydrogens is 330 g/mol. The number of carbonyl (C=O) groups is 1. The van der Waals surface area contributed by atoms with Gasteiger partial charge < -0.3 is 19.5 Å². The van der Waals surface area contributed by atoms with Gasteiger partial charge in [-0.1, -0.05) is 30.3 Å². The molecule has 2 aliphatic rings. The van der Waals surface area contributed by atoms with Crippen LogP contribution in [0.25, 0.3) is 0 Å². The molecule has 2 unspecified atom stereocenters. The van der Waals surface area contributed by atoms with Gasteiger partial charge in [-0.25, -0.2) is 4.79 Å². The van der Waals surface area contributed by atoms with E-state index in [1.165, 1.54) is 0 Å². The highest BCUT2D eigenvalue weighted by molar-refractivity contribution is 5.69. The van der Waals surface area contributed by atoms with Gasteiger partial charge in [-0.3, -0.25) is 0 Å². The Balaban J connectivity index is 1.57. The number of ether oxygens (including phenoxy) is 2. The number of methoxy groups -OCH3 is 1. The van der Waals surface area contributed by atoms with Crippen molar-refractivity contribution in [3.05, 3.63) is 35.9 Å². The van der Waals surface area contributed by atoms with Crippen LogP contribution in [0.4, 0.5) is 4.79 Å². The van der Waals surface area contributed by atoms with E-state index in [9.17, 15) is 9.90 Å². The van der Waals surface area contributed by atoms with E-state index in [0.717, 1.165) is 50.7 Å². The smallest absolute Gasteiger partial charge is 0.410 e. The monoisotopic (exact) mass is 361 g/mol. The van der Waals surface area contributed by atoms with Crippen LogP contribution in [0.3, 0.4) is 0 Å². The molecule has 1 aromatic rings. The van der Waals surface area contributed by atoms with Crippen LogP contribution in [0.1, 0.15) is 56.9 Å². The van der Waals surface area contributed by atoms with Gasteiger partial charge in [-0.05, 0) is 56.9 Å². The normalized spacial score (nSPS) is 28.0. The maximum atomic E-state index is 12.7. The van der Waals surface area contributed by atoms with Crippen LogP contribution in [-0.2, 0) is 16.1 Å². The second kappa shape index (κ2) is 8.87. The molecule has 0 aromatic heterocycles. The standard InChI is InChI=1S/C21H31NO4/c1-25-13-6-5-12-21(24)14-18-10-7-11-19(15-21)22(18)20(23)26-16-17-8-3-2-4-9-17/h2-4,8-9,18-19,24H,5-7,10-16H2,1H3. The number of carbonyl (C=O) groups excluding carboxylic acids is 1. The third kappa shape index (κ3) is 4.77. The lowest BCUT2D eigenvalue weighted by Crippen LogP contribution is -2.59. The fraction of sp³-hybridized carbons (Fsp3) is 0.667. The van der Waals surface area contributed by atoms with Crippen molar-refractivity contribution in [2.75, 3.05) is 13.7 Å². The molecule has 5 heteroatoms. The van der Waals surface area contributed by atoms with E-state index in [1.807, 2.05) is 35.2 Å². The minimum atomic E-state index is -0.653. The molecule has 2 fully saturated rings. The Hall–Kier alpha value is -1.59. The third-order valence-corrected chi connectivity index (χ3v) is 5.75. The van der Waals surface area contributed by atoms with Gasteiger partial charge in [0.05, 0.1) is 5.60 Å². The summed E-state index contributed by atoms with van der Waals surface area (Å²) in [6.45, 7) is 1.04. The van der Waals surface area contributed by atoms with Crippen molar-refractivity contribution in [1.29, 1.82) is 0 Å². The molecule has 2 saturated heterocycles. The number of nitrogens with zero attached hydrogens (tertiary/aromatic N) is 1. The lowest BCUT2D eigenvalue weighted by atomic mass is 9.74. The highest BCUT2D eigenvalue weighted by Crippen LogP contribution is 2.41. The largest absolute Gasteiger partial charge is 0.445 e. The molecule has 3 rings (SSSR count).